The number of carbonyl (C=O) groups excluding carboxylic acids is 2. The topological polar surface area (TPSA) is 50.3 Å². The van der Waals surface area contributed by atoms with E-state index in [2.05, 4.69) is 4.98 Å². The third-order valence-corrected chi connectivity index (χ3v) is 4.77. The number of carbonyl (C=O) groups is 2. The molecular formula is C22H17FN2O2. The van der Waals surface area contributed by atoms with Crippen LogP contribution in [0.2, 0.25) is 0 Å². The average molecular weight is 360 g/mol. The van der Waals surface area contributed by atoms with Crippen LogP contribution in [-0.4, -0.2) is 21.6 Å². The second kappa shape index (κ2) is 7.11. The standard InChI is InChI=1S/C22H17FN2O2/c23-17-8-6-15(7-9-17)21-14-18(26)10-12-25(21)22(27)13-16-3-1-5-20-19(16)4-2-11-24-20/h1-12,21H,13-14H2/t21-/m0/s1. The minimum absolute atomic E-state index is 0.0530. The molecule has 1 aromatic heterocycles. The monoisotopic (exact) mass is 360 g/mol. The molecule has 27 heavy (non-hydrogen) atoms. The SMILES string of the molecule is O=C1C=CN(C(=O)Cc2cccc3ncccc23)[C@H](c2ccc(F)cc2)C1. The summed E-state index contributed by atoms with van der Waals surface area (Å²) in [6.45, 7) is 0. The van der Waals surface area contributed by atoms with Gasteiger partial charge in [0.1, 0.15) is 5.82 Å². The molecule has 0 bridgehead atoms. The van der Waals surface area contributed by atoms with E-state index in [-0.39, 0.29) is 30.3 Å². The van der Waals surface area contributed by atoms with E-state index in [9.17, 15) is 14.0 Å². The Kier molecular flexibility index (Phi) is 4.50. The van der Waals surface area contributed by atoms with E-state index in [0.717, 1.165) is 22.0 Å². The Morgan fingerprint density at radius 1 is 1.11 bits per heavy atom. The van der Waals surface area contributed by atoms with E-state index < -0.39 is 6.04 Å². The molecule has 1 aliphatic rings. The van der Waals surface area contributed by atoms with Gasteiger partial charge in [0.05, 0.1) is 18.0 Å². The lowest BCUT2D eigenvalue weighted by atomic mass is 9.96. The van der Waals surface area contributed by atoms with Gasteiger partial charge in [0.2, 0.25) is 5.91 Å². The molecule has 0 unspecified atom stereocenters. The molecule has 2 heterocycles. The Morgan fingerprint density at radius 2 is 1.93 bits per heavy atom. The van der Waals surface area contributed by atoms with Gasteiger partial charge in [-0.05, 0) is 41.5 Å². The second-order valence-electron chi connectivity index (χ2n) is 6.52. The Morgan fingerprint density at radius 3 is 2.74 bits per heavy atom. The first kappa shape index (κ1) is 17.1. The molecule has 0 radical (unpaired) electrons. The van der Waals surface area contributed by atoms with Gasteiger partial charge in [-0.3, -0.25) is 14.6 Å². The fourth-order valence-electron chi connectivity index (χ4n) is 3.42. The highest BCUT2D eigenvalue weighted by Crippen LogP contribution is 2.30. The van der Waals surface area contributed by atoms with E-state index in [1.807, 2.05) is 30.3 Å². The minimum Gasteiger partial charge on any atom is -0.311 e. The summed E-state index contributed by atoms with van der Waals surface area (Å²) in [6, 6.07) is 15.0. The summed E-state index contributed by atoms with van der Waals surface area (Å²) in [4.78, 5) is 30.8. The van der Waals surface area contributed by atoms with Gasteiger partial charge >= 0.3 is 0 Å². The Labute approximate surface area is 155 Å². The number of nitrogens with zero attached hydrogens (tertiary/aromatic N) is 2. The average Bonchev–Trinajstić information content (AvgIpc) is 2.69. The zero-order chi connectivity index (χ0) is 18.8. The van der Waals surface area contributed by atoms with Gasteiger partial charge in [-0.15, -0.1) is 0 Å². The van der Waals surface area contributed by atoms with Gasteiger partial charge in [0, 0.05) is 24.2 Å². The lowest BCUT2D eigenvalue weighted by molar-refractivity contribution is -0.131. The number of fused-ring (bicyclic) bond motifs is 1. The molecule has 1 atom stereocenters. The van der Waals surface area contributed by atoms with E-state index in [4.69, 9.17) is 0 Å². The van der Waals surface area contributed by atoms with Crippen molar-refractivity contribution in [2.45, 2.75) is 18.9 Å². The fourth-order valence-corrected chi connectivity index (χ4v) is 3.42. The molecule has 0 spiro atoms. The predicted molar refractivity (Wildman–Crippen MR) is 100 cm³/mol. The van der Waals surface area contributed by atoms with Crippen LogP contribution in [-0.2, 0) is 16.0 Å². The van der Waals surface area contributed by atoms with Gasteiger partial charge in [-0.1, -0.05) is 30.3 Å². The van der Waals surface area contributed by atoms with Gasteiger partial charge in [0.25, 0.3) is 0 Å². The van der Waals surface area contributed by atoms with Gasteiger partial charge in [0.15, 0.2) is 5.78 Å². The maximum absolute atomic E-state index is 13.3. The van der Waals surface area contributed by atoms with Gasteiger partial charge in [-0.2, -0.15) is 0 Å². The van der Waals surface area contributed by atoms with Crippen LogP contribution >= 0.6 is 0 Å². The second-order valence-corrected chi connectivity index (χ2v) is 6.52. The number of hydrogen-bond donors (Lipinski definition) is 0. The molecule has 0 N–H and O–H groups in total. The predicted octanol–water partition coefficient (Wildman–Crippen LogP) is 3.97. The lowest BCUT2D eigenvalue weighted by Gasteiger charge is -2.31. The maximum atomic E-state index is 13.3. The number of rotatable bonds is 3. The molecule has 4 nitrogen and oxygen atoms in total. The number of benzene rings is 2. The minimum atomic E-state index is -0.427. The van der Waals surface area contributed by atoms with Crippen molar-refractivity contribution >= 4 is 22.6 Å². The summed E-state index contributed by atoms with van der Waals surface area (Å²) in [5.74, 6) is -0.523. The Hall–Kier alpha value is -3.34. The zero-order valence-electron chi connectivity index (χ0n) is 14.5. The van der Waals surface area contributed by atoms with Crippen LogP contribution < -0.4 is 0 Å². The number of allylic oxidation sites excluding steroid dienone is 1. The number of hydrogen-bond acceptors (Lipinski definition) is 3. The fraction of sp³-hybridized carbons (Fsp3) is 0.136. The van der Waals surface area contributed by atoms with Crippen LogP contribution in [0.5, 0.6) is 0 Å². The normalized spacial score (nSPS) is 16.7. The molecule has 0 fully saturated rings. The number of aromatic nitrogens is 1. The van der Waals surface area contributed by atoms with Crippen LogP contribution in [0.4, 0.5) is 4.39 Å². The molecule has 5 heteroatoms. The van der Waals surface area contributed by atoms with Crippen molar-refractivity contribution in [1.29, 1.82) is 0 Å². The largest absolute Gasteiger partial charge is 0.311 e. The summed E-state index contributed by atoms with van der Waals surface area (Å²) in [5, 5.41) is 0.934. The first-order valence-electron chi connectivity index (χ1n) is 8.72. The first-order chi connectivity index (χ1) is 13.1. The van der Waals surface area contributed by atoms with Crippen molar-refractivity contribution in [3.05, 3.63) is 90.0 Å². The summed E-state index contributed by atoms with van der Waals surface area (Å²) >= 11 is 0. The highest BCUT2D eigenvalue weighted by atomic mass is 19.1. The van der Waals surface area contributed by atoms with Crippen LogP contribution in [0.3, 0.4) is 0 Å². The number of amides is 1. The molecule has 3 aromatic rings. The van der Waals surface area contributed by atoms with Crippen molar-refractivity contribution in [1.82, 2.24) is 9.88 Å². The quantitative estimate of drug-likeness (QED) is 0.710. The van der Waals surface area contributed by atoms with Crippen LogP contribution in [0, 0.1) is 5.82 Å². The summed E-state index contributed by atoms with van der Waals surface area (Å²) in [5.41, 5.74) is 2.46. The molecule has 4 rings (SSSR count). The van der Waals surface area contributed by atoms with Crippen molar-refractivity contribution in [3.63, 3.8) is 0 Å². The highest BCUT2D eigenvalue weighted by molar-refractivity contribution is 5.94. The summed E-state index contributed by atoms with van der Waals surface area (Å²) in [6.07, 6.45) is 5.05. The highest BCUT2D eigenvalue weighted by Gasteiger charge is 2.28. The molecule has 2 aromatic carbocycles. The molecular weight excluding hydrogens is 343 g/mol. The van der Waals surface area contributed by atoms with Crippen molar-refractivity contribution in [2.75, 3.05) is 0 Å². The Bertz CT molecular complexity index is 1040. The third-order valence-electron chi connectivity index (χ3n) is 4.77. The van der Waals surface area contributed by atoms with Crippen LogP contribution in [0.1, 0.15) is 23.6 Å². The van der Waals surface area contributed by atoms with E-state index in [1.165, 1.54) is 24.4 Å². The third kappa shape index (κ3) is 3.49. The first-order valence-corrected chi connectivity index (χ1v) is 8.72. The molecule has 0 saturated heterocycles. The summed E-state index contributed by atoms with van der Waals surface area (Å²) < 4.78 is 13.3. The van der Waals surface area contributed by atoms with Crippen molar-refractivity contribution < 1.29 is 14.0 Å². The maximum Gasteiger partial charge on any atom is 0.231 e. The van der Waals surface area contributed by atoms with Gasteiger partial charge < -0.3 is 4.90 Å². The number of ketones is 1. The summed E-state index contributed by atoms with van der Waals surface area (Å²) in [7, 11) is 0. The van der Waals surface area contributed by atoms with Crippen molar-refractivity contribution in [2.24, 2.45) is 0 Å². The smallest absolute Gasteiger partial charge is 0.231 e. The zero-order valence-corrected chi connectivity index (χ0v) is 14.5. The number of halogens is 1. The van der Waals surface area contributed by atoms with Crippen LogP contribution in [0.15, 0.2) is 73.1 Å². The lowest BCUT2D eigenvalue weighted by Crippen LogP contribution is -2.35. The number of pyridine rings is 1. The molecule has 0 saturated carbocycles. The van der Waals surface area contributed by atoms with Crippen LogP contribution in [0.25, 0.3) is 10.9 Å². The Balaban J connectivity index is 1.65. The molecule has 1 amide bonds. The van der Waals surface area contributed by atoms with E-state index >= 15 is 0 Å². The molecule has 1 aliphatic heterocycles. The van der Waals surface area contributed by atoms with Crippen molar-refractivity contribution in [3.8, 4) is 0 Å². The van der Waals surface area contributed by atoms with E-state index in [1.54, 1.807) is 23.2 Å². The van der Waals surface area contributed by atoms with E-state index in [0.29, 0.717) is 0 Å². The van der Waals surface area contributed by atoms with Gasteiger partial charge in [-0.25, -0.2) is 4.39 Å². The molecule has 134 valence electrons. The molecule has 0 aliphatic carbocycles.